The number of carbonyl (C=O) groups excluding carboxylic acids is 1. The third-order valence-electron chi connectivity index (χ3n) is 7.21. The molecule has 0 aromatic heterocycles. The summed E-state index contributed by atoms with van der Waals surface area (Å²) in [6, 6.07) is 11.9. The fraction of sp³-hybridized carbons (Fsp3) is 0.414. The van der Waals surface area contributed by atoms with Crippen molar-refractivity contribution in [3.8, 4) is 11.5 Å². The summed E-state index contributed by atoms with van der Waals surface area (Å²) in [5.74, 6) is 2.04. The number of rotatable bonds is 7. The van der Waals surface area contributed by atoms with E-state index in [0.29, 0.717) is 17.2 Å². The van der Waals surface area contributed by atoms with Gasteiger partial charge in [0, 0.05) is 6.07 Å². The van der Waals surface area contributed by atoms with Crippen molar-refractivity contribution in [1.29, 1.82) is 0 Å². The Bertz CT molecular complexity index is 994. The lowest BCUT2D eigenvalue weighted by Gasteiger charge is -2.41. The van der Waals surface area contributed by atoms with Crippen LogP contribution in [0, 0.1) is 23.6 Å². The van der Waals surface area contributed by atoms with Crippen molar-refractivity contribution < 1.29 is 18.7 Å². The van der Waals surface area contributed by atoms with Crippen molar-refractivity contribution in [3.63, 3.8) is 0 Å². The molecule has 2 aromatic rings. The molecule has 0 amide bonds. The highest BCUT2D eigenvalue weighted by Gasteiger charge is 2.35. The van der Waals surface area contributed by atoms with Crippen LogP contribution in [-0.4, -0.2) is 12.6 Å². The van der Waals surface area contributed by atoms with Crippen LogP contribution < -0.4 is 9.47 Å². The quantitative estimate of drug-likeness (QED) is 0.250. The normalized spacial score (nSPS) is 24.8. The number of halogens is 1. The zero-order chi connectivity index (χ0) is 23.2. The summed E-state index contributed by atoms with van der Waals surface area (Å²) in [4.78, 5) is 12.5. The number of allylic oxidation sites excluding steroid dienone is 2. The molecule has 0 saturated heterocycles. The highest BCUT2D eigenvalue weighted by atomic mass is 19.1. The van der Waals surface area contributed by atoms with Crippen LogP contribution in [0.3, 0.4) is 0 Å². The molecule has 0 heterocycles. The minimum Gasteiger partial charge on any atom is -0.489 e. The summed E-state index contributed by atoms with van der Waals surface area (Å²) in [5, 5.41) is 0. The molecule has 4 heteroatoms. The fourth-order valence-electron chi connectivity index (χ4n) is 5.53. The molecule has 2 aliphatic carbocycles. The number of ether oxygens (including phenoxy) is 2. The first-order valence-electron chi connectivity index (χ1n) is 12.1. The molecule has 0 radical (unpaired) electrons. The Morgan fingerprint density at radius 2 is 1.82 bits per heavy atom. The van der Waals surface area contributed by atoms with Crippen LogP contribution in [-0.2, 0) is 0 Å². The van der Waals surface area contributed by atoms with Crippen LogP contribution in [0.4, 0.5) is 4.39 Å². The average molecular weight is 449 g/mol. The summed E-state index contributed by atoms with van der Waals surface area (Å²) in [5.41, 5.74) is 1.71. The van der Waals surface area contributed by atoms with Gasteiger partial charge in [-0.3, -0.25) is 0 Å². The molecule has 33 heavy (non-hydrogen) atoms. The number of benzene rings is 2. The maximum Gasteiger partial charge on any atom is 0.343 e. The van der Waals surface area contributed by atoms with E-state index in [9.17, 15) is 9.18 Å². The predicted molar refractivity (Wildman–Crippen MR) is 129 cm³/mol. The maximum atomic E-state index is 14.3. The van der Waals surface area contributed by atoms with Crippen molar-refractivity contribution in [3.05, 3.63) is 84.2 Å². The second-order valence-electron chi connectivity index (χ2n) is 9.33. The lowest BCUT2D eigenvalue weighted by Crippen LogP contribution is -2.30. The monoisotopic (exact) mass is 448 g/mol. The number of hydrogen-bond acceptors (Lipinski definition) is 3. The molecule has 2 saturated carbocycles. The van der Waals surface area contributed by atoms with Crippen molar-refractivity contribution in [2.24, 2.45) is 17.8 Å². The topological polar surface area (TPSA) is 35.5 Å². The van der Waals surface area contributed by atoms with E-state index in [2.05, 4.69) is 25.7 Å². The summed E-state index contributed by atoms with van der Waals surface area (Å²) in [6.45, 7) is 5.96. The van der Waals surface area contributed by atoms with Crippen LogP contribution in [0.25, 0.3) is 0 Å². The van der Waals surface area contributed by atoms with Gasteiger partial charge in [-0.15, -0.1) is 0 Å². The summed E-state index contributed by atoms with van der Waals surface area (Å²) < 4.78 is 24.9. The Morgan fingerprint density at radius 1 is 1.06 bits per heavy atom. The summed E-state index contributed by atoms with van der Waals surface area (Å²) >= 11 is 0. The van der Waals surface area contributed by atoms with Crippen molar-refractivity contribution >= 4 is 5.97 Å². The van der Waals surface area contributed by atoms with E-state index in [0.717, 1.165) is 17.8 Å². The lowest BCUT2D eigenvalue weighted by molar-refractivity contribution is 0.0727. The molecule has 2 aliphatic rings. The molecule has 4 rings (SSSR count). The molecule has 174 valence electrons. The number of esters is 1. The first-order valence-corrected chi connectivity index (χ1v) is 12.1. The third-order valence-corrected chi connectivity index (χ3v) is 7.21. The van der Waals surface area contributed by atoms with Crippen LogP contribution >= 0.6 is 0 Å². The minimum absolute atomic E-state index is 0.109. The van der Waals surface area contributed by atoms with Crippen LogP contribution in [0.1, 0.15) is 67.3 Å². The standard InChI is InChI=1S/C29H33FO3/c1-3-5-20-6-7-25-18-24(13-12-23(25)17-20)21-8-10-22(11-9-21)29(31)33-28-15-14-26(19-27(28)30)32-16-4-2/h3-5,8-11,14-15,19-20,23-25H,2,6-7,12-13,16-18H2,1H3/b5-3+. The second-order valence-corrected chi connectivity index (χ2v) is 9.33. The summed E-state index contributed by atoms with van der Waals surface area (Å²) in [6.07, 6.45) is 13.9. The van der Waals surface area contributed by atoms with Gasteiger partial charge in [-0.25, -0.2) is 9.18 Å². The number of fused-ring (bicyclic) bond motifs is 1. The van der Waals surface area contributed by atoms with Gasteiger partial charge in [0.15, 0.2) is 11.6 Å². The van der Waals surface area contributed by atoms with Crippen LogP contribution in [0.5, 0.6) is 11.5 Å². The molecular formula is C29H33FO3. The molecule has 4 atom stereocenters. The van der Waals surface area contributed by atoms with E-state index >= 15 is 0 Å². The smallest absolute Gasteiger partial charge is 0.343 e. The molecule has 0 spiro atoms. The van der Waals surface area contributed by atoms with E-state index in [-0.39, 0.29) is 12.4 Å². The maximum absolute atomic E-state index is 14.3. The molecule has 2 aromatic carbocycles. The van der Waals surface area contributed by atoms with Gasteiger partial charge < -0.3 is 9.47 Å². The van der Waals surface area contributed by atoms with Gasteiger partial charge in [0.25, 0.3) is 0 Å². The SMILES string of the molecule is C=CCOc1ccc(OC(=O)c2ccc(C3CCC4CC(/C=C/C)CCC4C3)cc2)c(F)c1. The molecule has 2 fully saturated rings. The van der Waals surface area contributed by atoms with Gasteiger partial charge in [-0.1, -0.05) is 36.9 Å². The Balaban J connectivity index is 1.35. The second kappa shape index (κ2) is 10.8. The molecular weight excluding hydrogens is 415 g/mol. The number of carbonyl (C=O) groups is 1. The van der Waals surface area contributed by atoms with Crippen molar-refractivity contribution in [2.75, 3.05) is 6.61 Å². The van der Waals surface area contributed by atoms with Gasteiger partial charge in [0.2, 0.25) is 0 Å². The highest BCUT2D eigenvalue weighted by Crippen LogP contribution is 2.47. The van der Waals surface area contributed by atoms with Crippen molar-refractivity contribution in [2.45, 2.75) is 51.4 Å². The highest BCUT2D eigenvalue weighted by molar-refractivity contribution is 5.91. The fourth-order valence-corrected chi connectivity index (χ4v) is 5.53. The van der Waals surface area contributed by atoms with Gasteiger partial charge in [-0.2, -0.15) is 0 Å². The van der Waals surface area contributed by atoms with Crippen LogP contribution in [0.15, 0.2) is 67.3 Å². The zero-order valence-electron chi connectivity index (χ0n) is 19.3. The Morgan fingerprint density at radius 3 is 2.55 bits per heavy atom. The Kier molecular flexibility index (Phi) is 7.64. The molecule has 3 nitrogen and oxygen atoms in total. The number of hydrogen-bond donors (Lipinski definition) is 0. The largest absolute Gasteiger partial charge is 0.489 e. The molecule has 0 bridgehead atoms. The zero-order valence-corrected chi connectivity index (χ0v) is 19.3. The Labute approximate surface area is 196 Å². The first-order chi connectivity index (χ1) is 16.1. The van der Waals surface area contributed by atoms with Crippen molar-refractivity contribution in [1.82, 2.24) is 0 Å². The average Bonchev–Trinajstić information content (AvgIpc) is 2.84. The van der Waals surface area contributed by atoms with E-state index in [1.54, 1.807) is 24.3 Å². The van der Waals surface area contributed by atoms with Gasteiger partial charge in [0.05, 0.1) is 5.56 Å². The third kappa shape index (κ3) is 5.73. The van der Waals surface area contributed by atoms with Gasteiger partial charge in [0.1, 0.15) is 12.4 Å². The molecule has 4 unspecified atom stereocenters. The van der Waals surface area contributed by atoms with E-state index in [4.69, 9.17) is 9.47 Å². The molecule has 0 N–H and O–H groups in total. The predicted octanol–water partition coefficient (Wildman–Crippen LogP) is 7.49. The Hall–Kier alpha value is -2.88. The first kappa shape index (κ1) is 23.3. The van der Waals surface area contributed by atoms with Gasteiger partial charge in [-0.05, 0) is 98.9 Å². The summed E-state index contributed by atoms with van der Waals surface area (Å²) in [7, 11) is 0. The van der Waals surface area contributed by atoms with E-state index in [1.165, 1.54) is 56.2 Å². The minimum atomic E-state index is -0.637. The molecule has 0 aliphatic heterocycles. The van der Waals surface area contributed by atoms with E-state index < -0.39 is 11.8 Å². The van der Waals surface area contributed by atoms with Crippen LogP contribution in [0.2, 0.25) is 0 Å². The lowest BCUT2D eigenvalue weighted by atomic mass is 9.64. The van der Waals surface area contributed by atoms with E-state index in [1.807, 2.05) is 12.1 Å². The van der Waals surface area contributed by atoms with Gasteiger partial charge >= 0.3 is 5.97 Å².